The predicted octanol–water partition coefficient (Wildman–Crippen LogP) is 12.6. The first-order valence-corrected chi connectivity index (χ1v) is 27.0. The SMILES string of the molecule is CCCCCC/C=C\C/C=C\CCCCCCCC(=O)NC(COC1OC(CO)C(O)C(O)C1O)C(O)CCCCCCCCCCCCCCCCCCCCCCCCCC. The van der Waals surface area contributed by atoms with Gasteiger partial charge in [-0.1, -0.05) is 231 Å². The number of unbranched alkanes of at least 4 members (excludes halogenated alkanes) is 32. The fraction of sp³-hybridized carbons (Fsp3) is 0.907. The monoisotopic (exact) mass is 894 g/mol. The van der Waals surface area contributed by atoms with Crippen LogP contribution in [-0.4, -0.2) is 87.5 Å². The molecule has 7 unspecified atom stereocenters. The molecule has 1 saturated heterocycles. The van der Waals surface area contributed by atoms with E-state index in [1.165, 1.54) is 167 Å². The van der Waals surface area contributed by atoms with Crippen LogP contribution in [0.4, 0.5) is 0 Å². The van der Waals surface area contributed by atoms with Crippen LogP contribution >= 0.6 is 0 Å². The summed E-state index contributed by atoms with van der Waals surface area (Å²) in [6.45, 7) is 3.83. The minimum absolute atomic E-state index is 0.142. The highest BCUT2D eigenvalue weighted by molar-refractivity contribution is 5.76. The van der Waals surface area contributed by atoms with Crippen LogP contribution in [0.1, 0.15) is 258 Å². The minimum atomic E-state index is -1.55. The van der Waals surface area contributed by atoms with Crippen molar-refractivity contribution in [3.05, 3.63) is 24.3 Å². The van der Waals surface area contributed by atoms with Crippen LogP contribution in [0.15, 0.2) is 24.3 Å². The fourth-order valence-corrected chi connectivity index (χ4v) is 8.72. The van der Waals surface area contributed by atoms with Gasteiger partial charge in [0.15, 0.2) is 6.29 Å². The Bertz CT molecular complexity index is 1040. The molecule has 372 valence electrons. The lowest BCUT2D eigenvalue weighted by molar-refractivity contribution is -0.302. The summed E-state index contributed by atoms with van der Waals surface area (Å²) >= 11 is 0. The number of hydrogen-bond donors (Lipinski definition) is 6. The molecule has 0 saturated carbocycles. The molecule has 63 heavy (non-hydrogen) atoms. The molecule has 1 heterocycles. The van der Waals surface area contributed by atoms with E-state index in [2.05, 4.69) is 43.5 Å². The van der Waals surface area contributed by atoms with Gasteiger partial charge in [-0.25, -0.2) is 0 Å². The van der Waals surface area contributed by atoms with Gasteiger partial charge in [0.25, 0.3) is 0 Å². The van der Waals surface area contributed by atoms with E-state index in [4.69, 9.17) is 9.47 Å². The van der Waals surface area contributed by atoms with Crippen LogP contribution in [0.2, 0.25) is 0 Å². The maximum atomic E-state index is 13.0. The lowest BCUT2D eigenvalue weighted by atomic mass is 9.99. The number of rotatable bonds is 46. The van der Waals surface area contributed by atoms with Crippen LogP contribution in [0.25, 0.3) is 0 Å². The van der Waals surface area contributed by atoms with E-state index in [9.17, 15) is 30.3 Å². The molecular weight excluding hydrogens is 791 g/mol. The van der Waals surface area contributed by atoms with Crippen molar-refractivity contribution in [2.24, 2.45) is 0 Å². The largest absolute Gasteiger partial charge is 0.394 e. The Morgan fingerprint density at radius 1 is 0.540 bits per heavy atom. The molecular formula is C54H103NO8. The molecule has 1 aliphatic heterocycles. The number of nitrogens with one attached hydrogen (secondary N) is 1. The smallest absolute Gasteiger partial charge is 0.220 e. The first kappa shape index (κ1) is 59.7. The molecule has 0 bridgehead atoms. The number of carbonyl (C=O) groups excluding carboxylic acids is 1. The minimum Gasteiger partial charge on any atom is -0.394 e. The Balaban J connectivity index is 2.23. The van der Waals surface area contributed by atoms with Crippen LogP contribution < -0.4 is 5.32 Å². The van der Waals surface area contributed by atoms with Crippen molar-refractivity contribution in [3.8, 4) is 0 Å². The van der Waals surface area contributed by atoms with Gasteiger partial charge < -0.3 is 40.3 Å². The maximum Gasteiger partial charge on any atom is 0.220 e. The van der Waals surface area contributed by atoms with Gasteiger partial charge in [0.1, 0.15) is 24.4 Å². The van der Waals surface area contributed by atoms with Crippen molar-refractivity contribution in [2.75, 3.05) is 13.2 Å². The van der Waals surface area contributed by atoms with E-state index in [-0.39, 0.29) is 12.5 Å². The number of allylic oxidation sites excluding steroid dienone is 4. The van der Waals surface area contributed by atoms with Gasteiger partial charge in [0.05, 0.1) is 25.4 Å². The number of aliphatic hydroxyl groups excluding tert-OH is 5. The quantitative estimate of drug-likeness (QED) is 0.0261. The molecule has 7 atom stereocenters. The first-order valence-electron chi connectivity index (χ1n) is 27.0. The third kappa shape index (κ3) is 34.6. The molecule has 0 aromatic heterocycles. The highest BCUT2D eigenvalue weighted by Crippen LogP contribution is 2.23. The summed E-state index contributed by atoms with van der Waals surface area (Å²) in [5, 5.41) is 54.6. The fourth-order valence-electron chi connectivity index (χ4n) is 8.72. The Kier molecular flexibility index (Phi) is 42.2. The third-order valence-corrected chi connectivity index (χ3v) is 13.1. The van der Waals surface area contributed by atoms with Gasteiger partial charge in [-0.15, -0.1) is 0 Å². The normalized spacial score (nSPS) is 20.3. The zero-order valence-corrected chi connectivity index (χ0v) is 41.1. The van der Waals surface area contributed by atoms with Gasteiger partial charge >= 0.3 is 0 Å². The summed E-state index contributed by atoms with van der Waals surface area (Å²) in [5.74, 6) is -0.155. The van der Waals surface area contributed by atoms with E-state index >= 15 is 0 Å². The van der Waals surface area contributed by atoms with E-state index in [0.717, 1.165) is 64.2 Å². The summed E-state index contributed by atoms with van der Waals surface area (Å²) < 4.78 is 11.3. The lowest BCUT2D eigenvalue weighted by Crippen LogP contribution is -2.60. The molecule has 0 radical (unpaired) electrons. The molecule has 0 aliphatic carbocycles. The lowest BCUT2D eigenvalue weighted by Gasteiger charge is -2.40. The Hall–Kier alpha value is -1.33. The standard InChI is InChI=1S/C54H103NO8/c1-3-5-7-9-11-13-15-17-19-21-22-23-24-25-26-27-28-29-31-33-35-37-39-41-43-48(57)47(46-62-54-53(61)52(60)51(59)49(45-56)63-54)55-50(58)44-42-40-38-36-34-32-30-20-18-16-14-12-10-8-6-4-2/h14,16,20,30,47-49,51-54,56-57,59-61H,3-13,15,17-19,21-29,31-46H2,1-2H3,(H,55,58)/b16-14-,30-20-. The summed E-state index contributed by atoms with van der Waals surface area (Å²) in [7, 11) is 0. The van der Waals surface area contributed by atoms with Gasteiger partial charge in [0.2, 0.25) is 5.91 Å². The van der Waals surface area contributed by atoms with Gasteiger partial charge in [0, 0.05) is 6.42 Å². The summed E-state index contributed by atoms with van der Waals surface area (Å²) in [6.07, 6.45) is 47.7. The van der Waals surface area contributed by atoms with Crippen molar-refractivity contribution in [1.29, 1.82) is 0 Å². The highest BCUT2D eigenvalue weighted by Gasteiger charge is 2.44. The number of aliphatic hydroxyl groups is 5. The van der Waals surface area contributed by atoms with Crippen LogP contribution in [0.3, 0.4) is 0 Å². The summed E-state index contributed by atoms with van der Waals surface area (Å²) in [4.78, 5) is 13.0. The van der Waals surface area contributed by atoms with Crippen LogP contribution in [0.5, 0.6) is 0 Å². The molecule has 0 aromatic rings. The van der Waals surface area contributed by atoms with Crippen molar-refractivity contribution in [3.63, 3.8) is 0 Å². The van der Waals surface area contributed by atoms with Gasteiger partial charge in [-0.2, -0.15) is 0 Å². The first-order chi connectivity index (χ1) is 30.8. The zero-order chi connectivity index (χ0) is 45.9. The Morgan fingerprint density at radius 2 is 0.937 bits per heavy atom. The molecule has 9 nitrogen and oxygen atoms in total. The van der Waals surface area contributed by atoms with E-state index < -0.39 is 49.5 Å². The molecule has 1 fully saturated rings. The molecule has 9 heteroatoms. The maximum absolute atomic E-state index is 13.0. The molecule has 6 N–H and O–H groups in total. The zero-order valence-electron chi connectivity index (χ0n) is 41.1. The molecule has 1 aliphatic rings. The molecule has 0 spiro atoms. The number of ether oxygens (including phenoxy) is 2. The second-order valence-electron chi connectivity index (χ2n) is 19.0. The number of carbonyl (C=O) groups is 1. The Labute approximate surface area is 388 Å². The average molecular weight is 894 g/mol. The third-order valence-electron chi connectivity index (χ3n) is 13.1. The van der Waals surface area contributed by atoms with E-state index in [1.807, 2.05) is 0 Å². The van der Waals surface area contributed by atoms with Crippen LogP contribution in [0, 0.1) is 0 Å². The number of amides is 1. The second kappa shape index (κ2) is 44.5. The Morgan fingerprint density at radius 3 is 1.38 bits per heavy atom. The molecule has 1 amide bonds. The van der Waals surface area contributed by atoms with Gasteiger partial charge in [-0.3, -0.25) is 4.79 Å². The molecule has 1 rings (SSSR count). The number of hydrogen-bond acceptors (Lipinski definition) is 8. The summed E-state index contributed by atoms with van der Waals surface area (Å²) in [6, 6.07) is -0.725. The van der Waals surface area contributed by atoms with Crippen LogP contribution in [-0.2, 0) is 14.3 Å². The highest BCUT2D eigenvalue weighted by atomic mass is 16.7. The van der Waals surface area contributed by atoms with Crippen molar-refractivity contribution < 1.29 is 39.8 Å². The summed E-state index contributed by atoms with van der Waals surface area (Å²) in [5.41, 5.74) is 0. The van der Waals surface area contributed by atoms with Crippen molar-refractivity contribution in [1.82, 2.24) is 5.32 Å². The van der Waals surface area contributed by atoms with E-state index in [1.54, 1.807) is 0 Å². The second-order valence-corrected chi connectivity index (χ2v) is 19.0. The average Bonchev–Trinajstić information content (AvgIpc) is 3.28. The topological polar surface area (TPSA) is 149 Å². The van der Waals surface area contributed by atoms with Crippen molar-refractivity contribution in [2.45, 2.75) is 301 Å². The van der Waals surface area contributed by atoms with Crippen molar-refractivity contribution >= 4 is 5.91 Å². The predicted molar refractivity (Wildman–Crippen MR) is 263 cm³/mol. The van der Waals surface area contributed by atoms with E-state index in [0.29, 0.717) is 12.8 Å². The molecule has 0 aromatic carbocycles. The van der Waals surface area contributed by atoms with Gasteiger partial charge in [-0.05, 0) is 44.9 Å².